The van der Waals surface area contributed by atoms with Gasteiger partial charge in [-0.3, -0.25) is 10.1 Å². The van der Waals surface area contributed by atoms with Crippen LogP contribution < -0.4 is 10.3 Å². The quantitative estimate of drug-likeness (QED) is 0.598. The van der Waals surface area contributed by atoms with Crippen LogP contribution in [-0.4, -0.2) is 19.4 Å². The van der Waals surface area contributed by atoms with Gasteiger partial charge in [0.1, 0.15) is 0 Å². The molecule has 18 heavy (non-hydrogen) atoms. The lowest BCUT2D eigenvalue weighted by Gasteiger charge is -2.12. The Labute approximate surface area is 105 Å². The molecule has 0 amide bonds. The topological polar surface area (TPSA) is 101 Å². The Hall–Kier alpha value is -1.51. The molecule has 0 bridgehead atoms. The second-order valence-corrected chi connectivity index (χ2v) is 5.50. The summed E-state index contributed by atoms with van der Waals surface area (Å²) in [6.07, 6.45) is 0.747. The number of nitrogens with one attached hydrogen (secondary N) is 2. The van der Waals surface area contributed by atoms with Crippen LogP contribution >= 0.6 is 0 Å². The maximum Gasteiger partial charge on any atom is 0.270 e. The molecule has 0 fully saturated rings. The van der Waals surface area contributed by atoms with E-state index in [0.29, 0.717) is 0 Å². The normalized spacial score (nSPS) is 13.2. The highest BCUT2D eigenvalue weighted by molar-refractivity contribution is 7.89. The number of sulfonamides is 1. The van der Waals surface area contributed by atoms with Crippen LogP contribution in [0.1, 0.15) is 20.3 Å². The molecule has 0 heterocycles. The lowest BCUT2D eigenvalue weighted by Crippen LogP contribution is -2.42. The molecule has 0 aliphatic carbocycles. The molecule has 2 N–H and O–H groups in total. The first-order valence-electron chi connectivity index (χ1n) is 5.38. The van der Waals surface area contributed by atoms with E-state index in [4.69, 9.17) is 0 Å². The van der Waals surface area contributed by atoms with Crippen LogP contribution in [0.5, 0.6) is 0 Å². The molecule has 0 aromatic heterocycles. The molecule has 1 unspecified atom stereocenters. The Balaban J connectivity index is 2.91. The first-order chi connectivity index (χ1) is 8.36. The number of benzene rings is 1. The van der Waals surface area contributed by atoms with Crippen LogP contribution in [0.2, 0.25) is 0 Å². The largest absolute Gasteiger partial charge is 0.270 e. The van der Waals surface area contributed by atoms with Gasteiger partial charge in [0.25, 0.3) is 15.7 Å². The lowest BCUT2D eigenvalue weighted by molar-refractivity contribution is -0.385. The molecule has 0 radical (unpaired) electrons. The summed E-state index contributed by atoms with van der Waals surface area (Å²) in [6, 6.07) is 4.85. The van der Waals surface area contributed by atoms with Crippen LogP contribution in [-0.2, 0) is 10.0 Å². The second-order valence-electron chi connectivity index (χ2n) is 3.81. The lowest BCUT2D eigenvalue weighted by atomic mass is 10.3. The Morgan fingerprint density at radius 2 is 2.11 bits per heavy atom. The summed E-state index contributed by atoms with van der Waals surface area (Å²) in [7, 11) is -3.79. The minimum absolute atomic E-state index is 0.0292. The molecule has 0 saturated heterocycles. The van der Waals surface area contributed by atoms with E-state index in [9.17, 15) is 18.5 Å². The molecule has 0 aliphatic rings. The molecule has 100 valence electrons. The van der Waals surface area contributed by atoms with Crippen molar-refractivity contribution in [2.45, 2.75) is 31.2 Å². The Morgan fingerprint density at radius 3 is 2.67 bits per heavy atom. The summed E-state index contributed by atoms with van der Waals surface area (Å²) in [4.78, 5) is 12.0. The van der Waals surface area contributed by atoms with Crippen LogP contribution in [0.4, 0.5) is 5.69 Å². The van der Waals surface area contributed by atoms with Crippen molar-refractivity contribution >= 4 is 15.7 Å². The van der Waals surface area contributed by atoms with Crippen molar-refractivity contribution in [1.82, 2.24) is 10.3 Å². The zero-order valence-electron chi connectivity index (χ0n) is 10.1. The zero-order valence-corrected chi connectivity index (χ0v) is 10.9. The number of non-ortho nitro benzene ring substituents is 1. The fourth-order valence-electron chi connectivity index (χ4n) is 1.10. The van der Waals surface area contributed by atoms with Crippen molar-refractivity contribution in [3.63, 3.8) is 0 Å². The maximum atomic E-state index is 11.8. The van der Waals surface area contributed by atoms with Crippen molar-refractivity contribution in [2.75, 3.05) is 0 Å². The fraction of sp³-hybridized carbons (Fsp3) is 0.400. The molecule has 8 heteroatoms. The van der Waals surface area contributed by atoms with Gasteiger partial charge in [-0.15, -0.1) is 4.83 Å². The maximum absolute atomic E-state index is 11.8. The first kappa shape index (κ1) is 14.6. The monoisotopic (exact) mass is 273 g/mol. The molecule has 0 spiro atoms. The summed E-state index contributed by atoms with van der Waals surface area (Å²) in [5, 5.41) is 10.6. The number of nitro benzene ring substituents is 1. The first-order valence-corrected chi connectivity index (χ1v) is 6.87. The summed E-state index contributed by atoms with van der Waals surface area (Å²) in [6.45, 7) is 3.72. The third-order valence-electron chi connectivity index (χ3n) is 2.39. The smallest absolute Gasteiger partial charge is 0.258 e. The number of nitrogens with zero attached hydrogens (tertiary/aromatic N) is 1. The van der Waals surface area contributed by atoms with Crippen LogP contribution in [0.3, 0.4) is 0 Å². The van der Waals surface area contributed by atoms with Crippen molar-refractivity contribution in [2.24, 2.45) is 0 Å². The molecular formula is C10H15N3O4S. The van der Waals surface area contributed by atoms with E-state index in [1.807, 2.05) is 13.8 Å². The molecule has 1 aromatic rings. The van der Waals surface area contributed by atoms with Gasteiger partial charge >= 0.3 is 0 Å². The van der Waals surface area contributed by atoms with Crippen molar-refractivity contribution in [3.05, 3.63) is 34.4 Å². The van der Waals surface area contributed by atoms with Gasteiger partial charge in [0.05, 0.1) is 9.82 Å². The van der Waals surface area contributed by atoms with Gasteiger partial charge in [-0.05, 0) is 19.4 Å². The highest BCUT2D eigenvalue weighted by Crippen LogP contribution is 2.16. The Morgan fingerprint density at radius 1 is 1.44 bits per heavy atom. The van der Waals surface area contributed by atoms with E-state index in [1.165, 1.54) is 18.2 Å². The van der Waals surface area contributed by atoms with Crippen LogP contribution in [0, 0.1) is 10.1 Å². The zero-order chi connectivity index (χ0) is 13.8. The van der Waals surface area contributed by atoms with Gasteiger partial charge < -0.3 is 0 Å². The average Bonchev–Trinajstić information content (AvgIpc) is 2.36. The van der Waals surface area contributed by atoms with Gasteiger partial charge in [-0.2, -0.15) is 0 Å². The second kappa shape index (κ2) is 5.89. The molecule has 0 saturated carbocycles. The number of hydrazine groups is 1. The van der Waals surface area contributed by atoms with Crippen molar-refractivity contribution < 1.29 is 13.3 Å². The van der Waals surface area contributed by atoms with Crippen LogP contribution in [0.15, 0.2) is 29.2 Å². The number of rotatable bonds is 6. The molecule has 1 rings (SSSR count). The van der Waals surface area contributed by atoms with Gasteiger partial charge in [0.2, 0.25) is 0 Å². The van der Waals surface area contributed by atoms with Gasteiger partial charge in [-0.25, -0.2) is 13.8 Å². The fourth-order valence-corrected chi connectivity index (χ4v) is 2.11. The molecule has 1 atom stereocenters. The van der Waals surface area contributed by atoms with Crippen molar-refractivity contribution in [1.29, 1.82) is 0 Å². The summed E-state index contributed by atoms with van der Waals surface area (Å²) >= 11 is 0. The third kappa shape index (κ3) is 3.76. The predicted octanol–water partition coefficient (Wildman–Crippen LogP) is 1.18. The standard InChI is InChI=1S/C10H15N3O4S/c1-3-8(2)11-12-18(16,17)10-6-4-5-9(7-10)13(14)15/h4-8,11-12H,3H2,1-2H3. The van der Waals surface area contributed by atoms with E-state index < -0.39 is 14.9 Å². The summed E-state index contributed by atoms with van der Waals surface area (Å²) < 4.78 is 23.7. The predicted molar refractivity (Wildman–Crippen MR) is 66.3 cm³/mol. The average molecular weight is 273 g/mol. The highest BCUT2D eigenvalue weighted by atomic mass is 32.2. The summed E-state index contributed by atoms with van der Waals surface area (Å²) in [5.74, 6) is 0. The summed E-state index contributed by atoms with van der Waals surface area (Å²) in [5.41, 5.74) is 2.35. The number of nitro groups is 1. The minimum Gasteiger partial charge on any atom is -0.258 e. The molecule has 7 nitrogen and oxygen atoms in total. The van der Waals surface area contributed by atoms with E-state index in [-0.39, 0.29) is 16.6 Å². The Bertz CT molecular complexity index is 530. The molecule has 1 aromatic carbocycles. The van der Waals surface area contributed by atoms with Gasteiger partial charge in [0, 0.05) is 18.2 Å². The highest BCUT2D eigenvalue weighted by Gasteiger charge is 2.17. The number of hydrogen-bond donors (Lipinski definition) is 2. The Kier molecular flexibility index (Phi) is 4.76. The van der Waals surface area contributed by atoms with E-state index in [1.54, 1.807) is 0 Å². The molecular weight excluding hydrogens is 258 g/mol. The number of hydrogen-bond acceptors (Lipinski definition) is 5. The van der Waals surface area contributed by atoms with Crippen LogP contribution in [0.25, 0.3) is 0 Å². The van der Waals surface area contributed by atoms with Crippen molar-refractivity contribution in [3.8, 4) is 0 Å². The molecule has 0 aliphatic heterocycles. The minimum atomic E-state index is -3.79. The third-order valence-corrected chi connectivity index (χ3v) is 3.65. The van der Waals surface area contributed by atoms with E-state index in [0.717, 1.165) is 12.5 Å². The van der Waals surface area contributed by atoms with Gasteiger partial charge in [-0.1, -0.05) is 13.0 Å². The SMILES string of the molecule is CCC(C)NNS(=O)(=O)c1cccc([N+](=O)[O-])c1. The van der Waals surface area contributed by atoms with E-state index in [2.05, 4.69) is 10.3 Å². The van der Waals surface area contributed by atoms with E-state index >= 15 is 0 Å². The van der Waals surface area contributed by atoms with Gasteiger partial charge in [0.15, 0.2) is 0 Å².